The molecule has 1 fully saturated rings. The van der Waals surface area contributed by atoms with Gasteiger partial charge in [0.25, 0.3) is 5.91 Å². The van der Waals surface area contributed by atoms with Crippen LogP contribution in [-0.2, 0) is 4.79 Å². The molecule has 1 aromatic carbocycles. The second-order valence-corrected chi connectivity index (χ2v) is 8.13. The molecular weight excluding hydrogens is 443 g/mol. The van der Waals surface area contributed by atoms with Gasteiger partial charge in [0.05, 0.1) is 29.5 Å². The third-order valence-corrected chi connectivity index (χ3v) is 5.89. The van der Waals surface area contributed by atoms with Crippen molar-refractivity contribution in [3.8, 4) is 40.5 Å². The molecule has 3 aromatic heterocycles. The zero-order valence-electron chi connectivity index (χ0n) is 17.4. The van der Waals surface area contributed by atoms with Crippen LogP contribution < -0.4 is 4.74 Å². The zero-order valence-corrected chi connectivity index (χ0v) is 18.1. The van der Waals surface area contributed by atoms with Crippen molar-refractivity contribution in [1.82, 2.24) is 19.9 Å². The van der Waals surface area contributed by atoms with Gasteiger partial charge in [-0.25, -0.2) is 4.39 Å². The fourth-order valence-electron chi connectivity index (χ4n) is 4.13. The fraction of sp³-hybridized carbons (Fsp3) is 0.160. The predicted octanol–water partition coefficient (Wildman–Crippen LogP) is 4.70. The van der Waals surface area contributed by atoms with Crippen molar-refractivity contribution >= 4 is 28.5 Å². The van der Waals surface area contributed by atoms with Crippen molar-refractivity contribution in [2.45, 2.75) is 12.5 Å². The van der Waals surface area contributed by atoms with E-state index in [9.17, 15) is 9.18 Å². The number of ether oxygens (including phenoxy) is 1. The molecule has 164 valence electrons. The van der Waals surface area contributed by atoms with Crippen LogP contribution in [0.4, 0.5) is 4.39 Å². The highest BCUT2D eigenvalue weighted by atomic mass is 35.5. The number of terminal acetylenes is 1. The van der Waals surface area contributed by atoms with Crippen LogP contribution in [0.2, 0.25) is 5.02 Å². The summed E-state index contributed by atoms with van der Waals surface area (Å²) >= 11 is 6.20. The maximum absolute atomic E-state index is 14.9. The Morgan fingerprint density at radius 3 is 3.00 bits per heavy atom. The number of aromatic amines is 1. The van der Waals surface area contributed by atoms with Crippen LogP contribution in [0.1, 0.15) is 6.42 Å². The monoisotopic (exact) mass is 460 g/mol. The first-order chi connectivity index (χ1) is 16.0. The minimum atomic E-state index is -0.414. The summed E-state index contributed by atoms with van der Waals surface area (Å²) < 4.78 is 21.2. The SMILES string of the molecule is C#CC(=O)N1CC[C@@H](Oc2cnccc2-c2[nH]c3cccnc3c2-c2cc(Cl)ccc2F)C1. The van der Waals surface area contributed by atoms with Gasteiger partial charge in [-0.3, -0.25) is 14.8 Å². The lowest BCUT2D eigenvalue weighted by molar-refractivity contribution is -0.124. The zero-order chi connectivity index (χ0) is 22.9. The molecule has 33 heavy (non-hydrogen) atoms. The van der Waals surface area contributed by atoms with Crippen molar-refractivity contribution in [2.24, 2.45) is 0 Å². The minimum absolute atomic E-state index is 0.237. The van der Waals surface area contributed by atoms with E-state index in [0.29, 0.717) is 58.2 Å². The molecule has 0 radical (unpaired) electrons. The third kappa shape index (κ3) is 3.90. The summed E-state index contributed by atoms with van der Waals surface area (Å²) in [5.74, 6) is 1.88. The number of likely N-dealkylation sites (tertiary alicyclic amines) is 1. The van der Waals surface area contributed by atoms with Gasteiger partial charge in [0.2, 0.25) is 0 Å². The highest BCUT2D eigenvalue weighted by molar-refractivity contribution is 6.31. The number of fused-ring (bicyclic) bond motifs is 1. The maximum Gasteiger partial charge on any atom is 0.298 e. The molecule has 1 aliphatic heterocycles. The topological polar surface area (TPSA) is 71.1 Å². The van der Waals surface area contributed by atoms with Crippen molar-refractivity contribution in [1.29, 1.82) is 0 Å². The molecule has 0 aliphatic carbocycles. The van der Waals surface area contributed by atoms with Gasteiger partial charge >= 0.3 is 0 Å². The summed E-state index contributed by atoms with van der Waals surface area (Å²) in [6.45, 7) is 0.917. The summed E-state index contributed by atoms with van der Waals surface area (Å²) in [5.41, 5.74) is 3.60. The van der Waals surface area contributed by atoms with Crippen molar-refractivity contribution < 1.29 is 13.9 Å². The average molecular weight is 461 g/mol. The number of hydrogen-bond donors (Lipinski definition) is 1. The van der Waals surface area contributed by atoms with Crippen LogP contribution in [0.5, 0.6) is 5.75 Å². The number of aromatic nitrogens is 3. The van der Waals surface area contributed by atoms with Crippen LogP contribution in [0, 0.1) is 18.2 Å². The Balaban J connectivity index is 1.61. The van der Waals surface area contributed by atoms with E-state index in [2.05, 4.69) is 20.9 Å². The Morgan fingerprint density at radius 2 is 2.15 bits per heavy atom. The van der Waals surface area contributed by atoms with Crippen molar-refractivity contribution in [2.75, 3.05) is 13.1 Å². The molecular formula is C25H18ClFN4O2. The summed E-state index contributed by atoms with van der Waals surface area (Å²) in [6, 6.07) is 9.90. The summed E-state index contributed by atoms with van der Waals surface area (Å²) in [4.78, 5) is 25.5. The number of rotatable bonds is 4. The lowest BCUT2D eigenvalue weighted by Gasteiger charge is -2.17. The Labute approximate surface area is 194 Å². The number of halogens is 2. The predicted molar refractivity (Wildman–Crippen MR) is 124 cm³/mol. The van der Waals surface area contributed by atoms with Gasteiger partial charge in [0.1, 0.15) is 17.7 Å². The smallest absolute Gasteiger partial charge is 0.298 e. The molecule has 1 atom stereocenters. The second kappa shape index (κ2) is 8.57. The van der Waals surface area contributed by atoms with E-state index >= 15 is 0 Å². The highest BCUT2D eigenvalue weighted by Gasteiger charge is 2.28. The molecule has 0 unspecified atom stereocenters. The Morgan fingerprint density at radius 1 is 1.27 bits per heavy atom. The van der Waals surface area contributed by atoms with E-state index in [1.807, 2.05) is 6.07 Å². The van der Waals surface area contributed by atoms with E-state index < -0.39 is 5.82 Å². The van der Waals surface area contributed by atoms with E-state index in [1.165, 1.54) is 12.1 Å². The van der Waals surface area contributed by atoms with Crippen LogP contribution in [0.25, 0.3) is 33.4 Å². The molecule has 5 rings (SSSR count). The molecule has 0 spiro atoms. The van der Waals surface area contributed by atoms with E-state index in [-0.39, 0.29) is 12.0 Å². The van der Waals surface area contributed by atoms with E-state index in [4.69, 9.17) is 22.8 Å². The second-order valence-electron chi connectivity index (χ2n) is 7.69. The molecule has 0 saturated carbocycles. The Hall–Kier alpha value is -3.89. The van der Waals surface area contributed by atoms with Crippen molar-refractivity contribution in [3.63, 3.8) is 0 Å². The molecule has 4 aromatic rings. The average Bonchev–Trinajstić information content (AvgIpc) is 3.45. The van der Waals surface area contributed by atoms with Crippen molar-refractivity contribution in [3.05, 3.63) is 65.8 Å². The first-order valence-corrected chi connectivity index (χ1v) is 10.7. The first-order valence-electron chi connectivity index (χ1n) is 10.3. The molecule has 1 amide bonds. The molecule has 0 bridgehead atoms. The van der Waals surface area contributed by atoms with Gasteiger partial charge in [0, 0.05) is 47.1 Å². The number of amides is 1. The minimum Gasteiger partial charge on any atom is -0.486 e. The van der Waals surface area contributed by atoms with Gasteiger partial charge in [-0.2, -0.15) is 0 Å². The summed E-state index contributed by atoms with van der Waals surface area (Å²) in [7, 11) is 0. The number of carbonyl (C=O) groups excluding carboxylic acids is 1. The quantitative estimate of drug-likeness (QED) is 0.448. The van der Waals surface area contributed by atoms with Gasteiger partial charge in [-0.15, -0.1) is 6.42 Å². The molecule has 1 aliphatic rings. The van der Waals surface area contributed by atoms with Crippen LogP contribution in [0.15, 0.2) is 55.0 Å². The Bertz CT molecular complexity index is 1410. The first kappa shape index (κ1) is 21.0. The summed E-state index contributed by atoms with van der Waals surface area (Å²) in [5, 5.41) is 0.415. The third-order valence-electron chi connectivity index (χ3n) is 5.66. The number of nitrogens with one attached hydrogen (secondary N) is 1. The van der Waals surface area contributed by atoms with Crippen LogP contribution in [0.3, 0.4) is 0 Å². The molecule has 6 nitrogen and oxygen atoms in total. The largest absolute Gasteiger partial charge is 0.486 e. The lowest BCUT2D eigenvalue weighted by Crippen LogP contribution is -2.29. The molecule has 8 heteroatoms. The molecule has 1 N–H and O–H groups in total. The normalized spacial score (nSPS) is 15.5. The molecule has 4 heterocycles. The highest BCUT2D eigenvalue weighted by Crippen LogP contribution is 2.42. The van der Waals surface area contributed by atoms with Gasteiger partial charge in [0.15, 0.2) is 0 Å². The number of H-pyrrole nitrogens is 1. The number of carbonyl (C=O) groups is 1. The van der Waals surface area contributed by atoms with E-state index in [1.54, 1.807) is 41.7 Å². The number of benzene rings is 1. The Kier molecular flexibility index (Phi) is 5.45. The fourth-order valence-corrected chi connectivity index (χ4v) is 4.31. The lowest BCUT2D eigenvalue weighted by atomic mass is 10.00. The summed E-state index contributed by atoms with van der Waals surface area (Å²) in [6.07, 6.45) is 10.6. The number of nitrogens with zero attached hydrogens (tertiary/aromatic N) is 3. The van der Waals surface area contributed by atoms with Gasteiger partial charge < -0.3 is 14.6 Å². The van der Waals surface area contributed by atoms with Gasteiger partial charge in [-0.1, -0.05) is 11.6 Å². The standard InChI is InChI=1S/C25H18ClFN4O2/c1-2-22(32)31-11-8-16(14-31)33-21-13-28-10-7-17(21)24-23(18-12-15(26)5-6-19(18)27)25-20(30-24)4-3-9-29-25/h1,3-7,9-10,12-13,16,30H,8,11,14H2/t16-/m1/s1. The molecule has 1 saturated heterocycles. The number of hydrogen-bond acceptors (Lipinski definition) is 4. The van der Waals surface area contributed by atoms with Gasteiger partial charge in [-0.05, 0) is 42.3 Å². The number of pyridine rings is 2. The maximum atomic E-state index is 14.9. The van der Waals surface area contributed by atoms with Crippen LogP contribution >= 0.6 is 11.6 Å². The van der Waals surface area contributed by atoms with E-state index in [0.717, 1.165) is 5.52 Å². The van der Waals surface area contributed by atoms with Crippen LogP contribution in [-0.4, -0.2) is 45.0 Å².